The Morgan fingerprint density at radius 2 is 1.66 bits per heavy atom. The van der Waals surface area contributed by atoms with Crippen LogP contribution >= 0.6 is 15.9 Å². The Bertz CT molecular complexity index is 1190. The van der Waals surface area contributed by atoms with Crippen LogP contribution in [0.3, 0.4) is 0 Å². The van der Waals surface area contributed by atoms with E-state index < -0.39 is 24.2 Å². The molecule has 9 heteroatoms. The molecule has 0 radical (unpaired) electrons. The van der Waals surface area contributed by atoms with E-state index in [-0.39, 0.29) is 19.1 Å². The van der Waals surface area contributed by atoms with Gasteiger partial charge in [-0.05, 0) is 33.5 Å². The summed E-state index contributed by atoms with van der Waals surface area (Å²) in [5, 5.41) is 0.767. The summed E-state index contributed by atoms with van der Waals surface area (Å²) >= 11 is 3.59. The largest absolute Gasteiger partial charge is 0.467 e. The van der Waals surface area contributed by atoms with E-state index in [0.29, 0.717) is 22.1 Å². The number of rotatable bonds is 8. The Hall–Kier alpha value is -3.33. The third-order valence-electron chi connectivity index (χ3n) is 5.98. The van der Waals surface area contributed by atoms with Crippen LogP contribution < -0.4 is 0 Å². The number of benzene rings is 2. The Kier molecular flexibility index (Phi) is 8.92. The molecule has 35 heavy (non-hydrogen) atoms. The molecule has 3 aromatic rings. The Balaban J connectivity index is 2.08. The van der Waals surface area contributed by atoms with E-state index in [1.54, 1.807) is 12.1 Å². The van der Waals surface area contributed by atoms with E-state index in [9.17, 15) is 14.4 Å². The summed E-state index contributed by atoms with van der Waals surface area (Å²) < 4.78 is 17.7. The summed E-state index contributed by atoms with van der Waals surface area (Å²) in [7, 11) is 2.57. The monoisotopic (exact) mass is 544 g/mol. The number of amides is 1. The van der Waals surface area contributed by atoms with Gasteiger partial charge in [-0.3, -0.25) is 4.90 Å². The molecule has 0 spiro atoms. The van der Waals surface area contributed by atoms with Crippen LogP contribution in [0, 0.1) is 5.92 Å². The van der Waals surface area contributed by atoms with Crippen molar-refractivity contribution in [3.63, 3.8) is 0 Å². The smallest absolute Gasteiger partial charge is 0.418 e. The molecule has 2 atom stereocenters. The second-order valence-electron chi connectivity index (χ2n) is 8.10. The number of aromatic nitrogens is 1. The van der Waals surface area contributed by atoms with Crippen molar-refractivity contribution >= 4 is 45.0 Å². The molecule has 2 aromatic carbocycles. The SMILES string of the molecule is CCC(C)C(C(=O)OC)N(Cc1c(Br)c2ccccc2n1C(=O)OC)C(=O)OCc1ccccc1. The molecular weight excluding hydrogens is 516 g/mol. The highest BCUT2D eigenvalue weighted by Crippen LogP contribution is 2.33. The Labute approximate surface area is 212 Å². The fourth-order valence-corrected chi connectivity index (χ4v) is 4.58. The highest BCUT2D eigenvalue weighted by molar-refractivity contribution is 9.10. The fraction of sp³-hybridized carbons (Fsp3) is 0.346. The van der Waals surface area contributed by atoms with Gasteiger partial charge in [-0.2, -0.15) is 0 Å². The van der Waals surface area contributed by atoms with Crippen molar-refractivity contribution in [2.24, 2.45) is 5.92 Å². The second-order valence-corrected chi connectivity index (χ2v) is 8.90. The van der Waals surface area contributed by atoms with E-state index >= 15 is 0 Å². The van der Waals surface area contributed by atoms with Crippen molar-refractivity contribution in [1.82, 2.24) is 9.47 Å². The first-order valence-electron chi connectivity index (χ1n) is 11.2. The van der Waals surface area contributed by atoms with Gasteiger partial charge in [0.15, 0.2) is 0 Å². The molecule has 0 N–H and O–H groups in total. The van der Waals surface area contributed by atoms with Gasteiger partial charge >= 0.3 is 18.2 Å². The average molecular weight is 545 g/mol. The van der Waals surface area contributed by atoms with Crippen LogP contribution in [0.2, 0.25) is 0 Å². The molecule has 0 aliphatic heterocycles. The van der Waals surface area contributed by atoms with Gasteiger partial charge in [-0.15, -0.1) is 0 Å². The summed E-state index contributed by atoms with van der Waals surface area (Å²) in [4.78, 5) is 40.4. The van der Waals surface area contributed by atoms with Crippen molar-refractivity contribution in [2.45, 2.75) is 39.5 Å². The highest BCUT2D eigenvalue weighted by atomic mass is 79.9. The topological polar surface area (TPSA) is 87.1 Å². The molecule has 3 rings (SSSR count). The van der Waals surface area contributed by atoms with E-state index in [1.165, 1.54) is 23.7 Å². The standard InChI is InChI=1S/C26H29BrN2O6/c1-5-17(2)23(24(30)33-3)28(25(31)35-16-18-11-7-6-8-12-18)15-21-22(27)19-13-9-10-14-20(19)29(21)26(32)34-4/h6-14,17,23H,5,15-16H2,1-4H3. The van der Waals surface area contributed by atoms with Crippen molar-refractivity contribution in [2.75, 3.05) is 14.2 Å². The summed E-state index contributed by atoms with van der Waals surface area (Å²) in [6.45, 7) is 3.73. The molecule has 0 aliphatic rings. The van der Waals surface area contributed by atoms with Gasteiger partial charge in [0.05, 0.1) is 32.0 Å². The third-order valence-corrected chi connectivity index (χ3v) is 6.87. The maximum Gasteiger partial charge on any atom is 0.418 e. The predicted octanol–water partition coefficient (Wildman–Crippen LogP) is 5.74. The lowest BCUT2D eigenvalue weighted by molar-refractivity contribution is -0.148. The van der Waals surface area contributed by atoms with Crippen LogP contribution in [0.4, 0.5) is 9.59 Å². The number of para-hydroxylation sites is 1. The van der Waals surface area contributed by atoms with Crippen molar-refractivity contribution < 1.29 is 28.6 Å². The number of carbonyl (C=O) groups is 3. The molecule has 2 unspecified atom stereocenters. The first-order chi connectivity index (χ1) is 16.8. The van der Waals surface area contributed by atoms with E-state index in [2.05, 4.69) is 15.9 Å². The molecular formula is C26H29BrN2O6. The zero-order chi connectivity index (χ0) is 25.5. The normalized spacial score (nSPS) is 12.6. The third kappa shape index (κ3) is 5.67. The van der Waals surface area contributed by atoms with Gasteiger partial charge in [0.25, 0.3) is 0 Å². The van der Waals surface area contributed by atoms with Gasteiger partial charge in [0.1, 0.15) is 12.6 Å². The molecule has 0 aliphatic carbocycles. The summed E-state index contributed by atoms with van der Waals surface area (Å²) in [5.41, 5.74) is 1.87. The number of methoxy groups -OCH3 is 2. The first-order valence-corrected chi connectivity index (χ1v) is 12.0. The van der Waals surface area contributed by atoms with Crippen LogP contribution in [0.25, 0.3) is 10.9 Å². The number of nitrogens with zero attached hydrogens (tertiary/aromatic N) is 2. The van der Waals surface area contributed by atoms with E-state index in [1.807, 2.05) is 56.3 Å². The second kappa shape index (κ2) is 11.9. The lowest BCUT2D eigenvalue weighted by atomic mass is 9.97. The summed E-state index contributed by atoms with van der Waals surface area (Å²) in [6, 6.07) is 15.6. The zero-order valence-corrected chi connectivity index (χ0v) is 21.8. The number of fused-ring (bicyclic) bond motifs is 1. The van der Waals surface area contributed by atoms with E-state index in [4.69, 9.17) is 14.2 Å². The lowest BCUT2D eigenvalue weighted by Crippen LogP contribution is -2.49. The molecule has 1 aromatic heterocycles. The molecule has 1 amide bonds. The van der Waals surface area contributed by atoms with Crippen molar-refractivity contribution in [3.05, 3.63) is 70.3 Å². The summed E-state index contributed by atoms with van der Waals surface area (Å²) in [5.74, 6) is -0.797. The molecule has 0 saturated carbocycles. The predicted molar refractivity (Wildman–Crippen MR) is 135 cm³/mol. The van der Waals surface area contributed by atoms with Gasteiger partial charge in [0, 0.05) is 9.86 Å². The fourth-order valence-electron chi connectivity index (χ4n) is 3.94. The van der Waals surface area contributed by atoms with Crippen molar-refractivity contribution in [3.8, 4) is 0 Å². The number of hydrogen-bond acceptors (Lipinski definition) is 6. The maximum absolute atomic E-state index is 13.4. The van der Waals surface area contributed by atoms with Crippen LogP contribution in [0.1, 0.15) is 31.5 Å². The summed E-state index contributed by atoms with van der Waals surface area (Å²) in [6.07, 6.45) is -0.695. The Morgan fingerprint density at radius 1 is 1.00 bits per heavy atom. The van der Waals surface area contributed by atoms with Gasteiger partial charge in [-0.25, -0.2) is 19.0 Å². The minimum absolute atomic E-state index is 0.0335. The van der Waals surface area contributed by atoms with Gasteiger partial charge in [-0.1, -0.05) is 68.8 Å². The molecule has 0 saturated heterocycles. The first kappa shape index (κ1) is 26.3. The molecule has 1 heterocycles. The van der Waals surface area contributed by atoms with Crippen LogP contribution in [-0.4, -0.2) is 47.9 Å². The highest BCUT2D eigenvalue weighted by Gasteiger charge is 2.37. The quantitative estimate of drug-likeness (QED) is 0.265. The molecule has 186 valence electrons. The number of ether oxygens (including phenoxy) is 3. The lowest BCUT2D eigenvalue weighted by Gasteiger charge is -2.33. The van der Waals surface area contributed by atoms with Gasteiger partial charge in [0.2, 0.25) is 0 Å². The van der Waals surface area contributed by atoms with Crippen molar-refractivity contribution in [1.29, 1.82) is 0 Å². The number of hydrogen-bond donors (Lipinski definition) is 0. The average Bonchev–Trinajstić information content (AvgIpc) is 3.17. The van der Waals surface area contributed by atoms with Crippen LogP contribution in [-0.2, 0) is 32.2 Å². The Morgan fingerprint density at radius 3 is 2.29 bits per heavy atom. The van der Waals surface area contributed by atoms with Gasteiger partial charge < -0.3 is 14.2 Å². The van der Waals surface area contributed by atoms with E-state index in [0.717, 1.165) is 10.9 Å². The number of halogens is 1. The molecule has 8 nitrogen and oxygen atoms in total. The van der Waals surface area contributed by atoms with Crippen LogP contribution in [0.15, 0.2) is 59.1 Å². The molecule has 0 bridgehead atoms. The number of esters is 1. The zero-order valence-electron chi connectivity index (χ0n) is 20.2. The minimum Gasteiger partial charge on any atom is -0.467 e. The number of carbonyl (C=O) groups excluding carboxylic acids is 3. The molecule has 0 fully saturated rings. The minimum atomic E-state index is -0.927. The van der Waals surface area contributed by atoms with Crippen LogP contribution in [0.5, 0.6) is 0 Å². The maximum atomic E-state index is 13.4.